The molecule has 1 saturated heterocycles. The lowest BCUT2D eigenvalue weighted by molar-refractivity contribution is 0.139. The predicted molar refractivity (Wildman–Crippen MR) is 130 cm³/mol. The Morgan fingerprint density at radius 3 is 2.85 bits per heavy atom. The van der Waals surface area contributed by atoms with Gasteiger partial charge in [-0.05, 0) is 44.0 Å². The average molecular weight is 458 g/mol. The summed E-state index contributed by atoms with van der Waals surface area (Å²) >= 11 is 0. The Hall–Kier alpha value is -3.83. The zero-order chi connectivity index (χ0) is 23.8. The van der Waals surface area contributed by atoms with Crippen molar-refractivity contribution in [1.29, 1.82) is 5.26 Å². The van der Waals surface area contributed by atoms with Crippen molar-refractivity contribution < 1.29 is 14.2 Å². The molecule has 0 spiro atoms. The molecule has 5 rings (SSSR count). The molecule has 0 saturated carbocycles. The maximum atomic E-state index is 9.44. The van der Waals surface area contributed by atoms with Gasteiger partial charge in [-0.25, -0.2) is 4.98 Å². The molecule has 1 N–H and O–H groups in total. The van der Waals surface area contributed by atoms with Crippen molar-refractivity contribution in [2.24, 2.45) is 0 Å². The van der Waals surface area contributed by atoms with Crippen LogP contribution in [0.1, 0.15) is 41.8 Å². The molecule has 1 fully saturated rings. The van der Waals surface area contributed by atoms with Gasteiger partial charge < -0.3 is 19.5 Å². The first kappa shape index (κ1) is 22.0. The molecule has 2 aromatic heterocycles. The predicted octanol–water partition coefficient (Wildman–Crippen LogP) is 4.72. The Morgan fingerprint density at radius 2 is 2.12 bits per heavy atom. The second-order valence-corrected chi connectivity index (χ2v) is 8.62. The Labute approximate surface area is 198 Å². The van der Waals surface area contributed by atoms with Crippen LogP contribution in [-0.2, 0) is 4.74 Å². The molecule has 0 aliphatic carbocycles. The summed E-state index contributed by atoms with van der Waals surface area (Å²) in [5.74, 6) is 2.60. The zero-order valence-corrected chi connectivity index (χ0v) is 19.8. The Bertz CT molecular complexity index is 1420. The number of nitrogens with zero attached hydrogens (tertiary/aromatic N) is 4. The molecule has 3 heterocycles. The van der Waals surface area contributed by atoms with Gasteiger partial charge in [0, 0.05) is 23.6 Å². The van der Waals surface area contributed by atoms with Crippen molar-refractivity contribution in [3.8, 4) is 17.6 Å². The molecule has 34 heavy (non-hydrogen) atoms. The van der Waals surface area contributed by atoms with Crippen LogP contribution >= 0.6 is 0 Å². The SMILES string of the molecule is COc1cc2c(cc1O[C@H]1CCOC1)c(N[C@H](C)c1cccc(C#N)c1C)nc1ncc(C)n12. The summed E-state index contributed by atoms with van der Waals surface area (Å²) in [6.45, 7) is 7.30. The van der Waals surface area contributed by atoms with E-state index in [2.05, 4.69) is 23.3 Å². The van der Waals surface area contributed by atoms with E-state index < -0.39 is 0 Å². The number of anilines is 1. The molecule has 1 aliphatic rings. The van der Waals surface area contributed by atoms with Gasteiger partial charge in [0.05, 0.1) is 49.7 Å². The van der Waals surface area contributed by atoms with Crippen LogP contribution in [0.4, 0.5) is 5.82 Å². The summed E-state index contributed by atoms with van der Waals surface area (Å²) in [7, 11) is 1.64. The van der Waals surface area contributed by atoms with Gasteiger partial charge in [-0.3, -0.25) is 4.40 Å². The number of rotatable bonds is 6. The third kappa shape index (κ3) is 3.78. The first-order valence-electron chi connectivity index (χ1n) is 11.4. The lowest BCUT2D eigenvalue weighted by Gasteiger charge is -2.21. The number of hydrogen-bond donors (Lipinski definition) is 1. The topological polar surface area (TPSA) is 93.7 Å². The highest BCUT2D eigenvalue weighted by Crippen LogP contribution is 2.38. The number of aryl methyl sites for hydroxylation is 1. The lowest BCUT2D eigenvalue weighted by atomic mass is 9.98. The third-order valence-corrected chi connectivity index (χ3v) is 6.41. The number of nitrogens with one attached hydrogen (secondary N) is 1. The van der Waals surface area contributed by atoms with Crippen LogP contribution < -0.4 is 14.8 Å². The molecule has 8 nitrogen and oxygen atoms in total. The number of ether oxygens (including phenoxy) is 3. The number of aromatic nitrogens is 3. The van der Waals surface area contributed by atoms with E-state index in [1.54, 1.807) is 7.11 Å². The lowest BCUT2D eigenvalue weighted by Crippen LogP contribution is -2.16. The van der Waals surface area contributed by atoms with E-state index in [-0.39, 0.29) is 12.1 Å². The Morgan fingerprint density at radius 1 is 1.26 bits per heavy atom. The van der Waals surface area contributed by atoms with E-state index in [0.717, 1.165) is 34.1 Å². The molecule has 174 valence electrons. The molecule has 1 aliphatic heterocycles. The number of nitriles is 1. The van der Waals surface area contributed by atoms with Crippen molar-refractivity contribution in [3.05, 3.63) is 58.9 Å². The van der Waals surface area contributed by atoms with E-state index in [9.17, 15) is 5.26 Å². The van der Waals surface area contributed by atoms with Gasteiger partial charge in [-0.2, -0.15) is 10.2 Å². The van der Waals surface area contributed by atoms with Crippen LogP contribution in [0.25, 0.3) is 16.7 Å². The molecule has 0 radical (unpaired) electrons. The molecule has 2 aromatic carbocycles. The van der Waals surface area contributed by atoms with Gasteiger partial charge >= 0.3 is 0 Å². The van der Waals surface area contributed by atoms with Gasteiger partial charge in [0.2, 0.25) is 5.78 Å². The normalized spacial score (nSPS) is 16.5. The minimum atomic E-state index is -0.0859. The van der Waals surface area contributed by atoms with Crippen LogP contribution in [-0.4, -0.2) is 40.8 Å². The van der Waals surface area contributed by atoms with Crippen molar-refractivity contribution in [2.45, 2.75) is 39.3 Å². The fourth-order valence-corrected chi connectivity index (χ4v) is 4.56. The van der Waals surface area contributed by atoms with Gasteiger partial charge in [-0.1, -0.05) is 12.1 Å². The van der Waals surface area contributed by atoms with E-state index >= 15 is 0 Å². The molecule has 4 aromatic rings. The number of fused-ring (bicyclic) bond motifs is 3. The zero-order valence-electron chi connectivity index (χ0n) is 19.8. The molecule has 0 unspecified atom stereocenters. The fourth-order valence-electron chi connectivity index (χ4n) is 4.56. The number of hydrogen-bond acceptors (Lipinski definition) is 7. The highest BCUT2D eigenvalue weighted by molar-refractivity contribution is 5.94. The summed E-state index contributed by atoms with van der Waals surface area (Å²) < 4.78 is 19.4. The van der Waals surface area contributed by atoms with Crippen molar-refractivity contribution in [3.63, 3.8) is 0 Å². The van der Waals surface area contributed by atoms with Gasteiger partial charge in [0.25, 0.3) is 0 Å². The van der Waals surface area contributed by atoms with Gasteiger partial charge in [0.15, 0.2) is 11.5 Å². The summed E-state index contributed by atoms with van der Waals surface area (Å²) in [6.07, 6.45) is 2.64. The van der Waals surface area contributed by atoms with E-state index in [1.165, 1.54) is 0 Å². The maximum Gasteiger partial charge on any atom is 0.236 e. The molecule has 8 heteroatoms. The molecular weight excluding hydrogens is 430 g/mol. The number of imidazole rings is 1. The minimum Gasteiger partial charge on any atom is -0.493 e. The van der Waals surface area contributed by atoms with Crippen LogP contribution in [0.2, 0.25) is 0 Å². The first-order valence-corrected chi connectivity index (χ1v) is 11.4. The van der Waals surface area contributed by atoms with Crippen molar-refractivity contribution in [1.82, 2.24) is 14.4 Å². The quantitative estimate of drug-likeness (QED) is 0.448. The third-order valence-electron chi connectivity index (χ3n) is 6.41. The van der Waals surface area contributed by atoms with Gasteiger partial charge in [-0.15, -0.1) is 0 Å². The first-order chi connectivity index (χ1) is 16.5. The fraction of sp³-hybridized carbons (Fsp3) is 0.346. The van der Waals surface area contributed by atoms with E-state index in [4.69, 9.17) is 19.2 Å². The number of methoxy groups -OCH3 is 1. The smallest absolute Gasteiger partial charge is 0.236 e. The minimum absolute atomic E-state index is 0.00951. The highest BCUT2D eigenvalue weighted by atomic mass is 16.6. The summed E-state index contributed by atoms with van der Waals surface area (Å²) in [6, 6.07) is 11.9. The summed E-state index contributed by atoms with van der Waals surface area (Å²) in [5.41, 5.74) is 4.57. The maximum absolute atomic E-state index is 9.44. The van der Waals surface area contributed by atoms with Crippen LogP contribution in [0.3, 0.4) is 0 Å². The largest absolute Gasteiger partial charge is 0.493 e. The van der Waals surface area contributed by atoms with Crippen molar-refractivity contribution in [2.75, 3.05) is 25.6 Å². The Balaban J connectivity index is 1.64. The van der Waals surface area contributed by atoms with E-state index in [1.807, 2.05) is 54.8 Å². The Kier molecular flexibility index (Phi) is 5.72. The van der Waals surface area contributed by atoms with Crippen LogP contribution in [0, 0.1) is 25.2 Å². The van der Waals surface area contributed by atoms with E-state index in [0.29, 0.717) is 41.9 Å². The monoisotopic (exact) mass is 457 g/mol. The summed E-state index contributed by atoms with van der Waals surface area (Å²) in [4.78, 5) is 9.34. The molecule has 0 bridgehead atoms. The van der Waals surface area contributed by atoms with Crippen LogP contribution in [0.15, 0.2) is 36.5 Å². The summed E-state index contributed by atoms with van der Waals surface area (Å²) in [5, 5.41) is 13.9. The van der Waals surface area contributed by atoms with Crippen LogP contribution in [0.5, 0.6) is 11.5 Å². The molecular formula is C26H27N5O3. The van der Waals surface area contributed by atoms with Gasteiger partial charge in [0.1, 0.15) is 11.9 Å². The number of benzene rings is 2. The second kappa shape index (κ2) is 8.84. The van der Waals surface area contributed by atoms with Crippen molar-refractivity contribution >= 4 is 22.5 Å². The molecule has 2 atom stereocenters. The average Bonchev–Trinajstić information content (AvgIpc) is 3.48. The second-order valence-electron chi connectivity index (χ2n) is 8.62. The molecule has 0 amide bonds. The highest BCUT2D eigenvalue weighted by Gasteiger charge is 2.22. The standard InChI is InChI=1S/C26H27N5O3/c1-15-13-28-26-30-25(29-17(3)20-7-5-6-18(12-27)16(20)2)21-10-24(34-19-8-9-33-14-19)23(32-4)11-22(21)31(15)26/h5-7,10-11,13,17,19H,8-9,14H2,1-4H3,(H,28,29,30)/t17-,19+/m1/s1.